The smallest absolute Gasteiger partial charge is 0.321 e. The Kier molecular flexibility index (Phi) is 4.86. The monoisotopic (exact) mass is 351 g/mol. The first-order valence-electron chi connectivity index (χ1n) is 8.01. The Hall–Kier alpha value is -1.93. The van der Waals surface area contributed by atoms with Crippen LogP contribution in [0.2, 0.25) is 0 Å². The summed E-state index contributed by atoms with van der Waals surface area (Å²) in [5.74, 6) is -0.357. The van der Waals surface area contributed by atoms with Crippen molar-refractivity contribution in [3.05, 3.63) is 35.4 Å². The maximum atomic E-state index is 12.0. The molecular formula is C16H21N3O4S. The average Bonchev–Trinajstić information content (AvgIpc) is 2.85. The summed E-state index contributed by atoms with van der Waals surface area (Å²) in [6.07, 6.45) is 1.28. The number of hydrogen-bond donors (Lipinski definition) is 2. The number of sulfone groups is 1. The predicted molar refractivity (Wildman–Crippen MR) is 89.2 cm³/mol. The second kappa shape index (κ2) is 6.90. The number of fused-ring (bicyclic) bond motifs is 1. The van der Waals surface area contributed by atoms with E-state index in [1.807, 2.05) is 23.1 Å². The summed E-state index contributed by atoms with van der Waals surface area (Å²) in [6.45, 7) is 1.60. The third kappa shape index (κ3) is 4.33. The minimum Gasteiger partial charge on any atom is -0.334 e. The van der Waals surface area contributed by atoms with Gasteiger partial charge in [-0.15, -0.1) is 0 Å². The van der Waals surface area contributed by atoms with Crippen LogP contribution in [-0.2, 0) is 27.6 Å². The summed E-state index contributed by atoms with van der Waals surface area (Å²) in [4.78, 5) is 25.8. The lowest BCUT2D eigenvalue weighted by molar-refractivity contribution is -0.121. The van der Waals surface area contributed by atoms with E-state index in [4.69, 9.17) is 0 Å². The van der Waals surface area contributed by atoms with Crippen molar-refractivity contribution in [2.45, 2.75) is 25.4 Å². The van der Waals surface area contributed by atoms with E-state index in [9.17, 15) is 18.0 Å². The molecule has 1 saturated heterocycles. The Bertz CT molecular complexity index is 747. The molecule has 2 aliphatic rings. The molecule has 7 nitrogen and oxygen atoms in total. The van der Waals surface area contributed by atoms with Crippen molar-refractivity contribution in [3.8, 4) is 0 Å². The largest absolute Gasteiger partial charge is 0.334 e. The topological polar surface area (TPSA) is 95.6 Å². The molecule has 24 heavy (non-hydrogen) atoms. The third-order valence-corrected chi connectivity index (χ3v) is 6.17. The van der Waals surface area contributed by atoms with Crippen LogP contribution in [-0.4, -0.2) is 55.9 Å². The van der Waals surface area contributed by atoms with Gasteiger partial charge in [-0.2, -0.15) is 0 Å². The first-order chi connectivity index (χ1) is 11.4. The number of nitrogens with zero attached hydrogens (tertiary/aromatic N) is 1. The van der Waals surface area contributed by atoms with Gasteiger partial charge in [-0.1, -0.05) is 24.3 Å². The van der Waals surface area contributed by atoms with Gasteiger partial charge < -0.3 is 5.32 Å². The maximum Gasteiger partial charge on any atom is 0.321 e. The summed E-state index contributed by atoms with van der Waals surface area (Å²) < 4.78 is 22.7. The molecule has 3 rings (SSSR count). The Balaban J connectivity index is 1.45. The van der Waals surface area contributed by atoms with Gasteiger partial charge in [-0.25, -0.2) is 13.2 Å². The minimum absolute atomic E-state index is 0.0580. The molecule has 1 aromatic carbocycles. The molecule has 1 aromatic rings. The first-order valence-corrected chi connectivity index (χ1v) is 9.83. The lowest BCUT2D eigenvalue weighted by atomic mass is 10.00. The van der Waals surface area contributed by atoms with E-state index in [2.05, 4.69) is 16.7 Å². The molecule has 3 amide bonds. The maximum absolute atomic E-state index is 12.0. The zero-order valence-corrected chi connectivity index (χ0v) is 14.1. The summed E-state index contributed by atoms with van der Waals surface area (Å²) in [5.41, 5.74) is 2.51. The molecular weight excluding hydrogens is 330 g/mol. The van der Waals surface area contributed by atoms with Gasteiger partial charge in [0.2, 0.25) is 5.91 Å². The molecule has 0 aromatic heterocycles. The zero-order chi connectivity index (χ0) is 17.2. The second-order valence-corrected chi connectivity index (χ2v) is 8.58. The van der Waals surface area contributed by atoms with E-state index in [1.54, 1.807) is 0 Å². The zero-order valence-electron chi connectivity index (χ0n) is 13.3. The molecule has 2 aliphatic heterocycles. The lowest BCUT2D eigenvalue weighted by Gasteiger charge is -2.28. The molecule has 0 saturated carbocycles. The molecule has 0 spiro atoms. The van der Waals surface area contributed by atoms with Crippen LogP contribution in [0.5, 0.6) is 0 Å². The molecule has 2 heterocycles. The van der Waals surface area contributed by atoms with Crippen LogP contribution < -0.4 is 10.6 Å². The van der Waals surface area contributed by atoms with Crippen LogP contribution in [0.25, 0.3) is 0 Å². The third-order valence-electron chi connectivity index (χ3n) is 4.40. The van der Waals surface area contributed by atoms with Crippen LogP contribution in [0.3, 0.4) is 0 Å². The second-order valence-electron chi connectivity index (χ2n) is 6.35. The number of carbonyl (C=O) groups excluding carboxylic acids is 2. The predicted octanol–water partition coefficient (Wildman–Crippen LogP) is 0.0576. The summed E-state index contributed by atoms with van der Waals surface area (Å²) in [7, 11) is -3.06. The van der Waals surface area contributed by atoms with Crippen LogP contribution in [0.1, 0.15) is 17.5 Å². The van der Waals surface area contributed by atoms with Gasteiger partial charge in [0.05, 0.1) is 18.1 Å². The minimum atomic E-state index is -3.06. The number of amides is 3. The summed E-state index contributed by atoms with van der Waals surface area (Å²) in [6, 6.07) is 7.09. The fourth-order valence-corrected chi connectivity index (χ4v) is 4.86. The van der Waals surface area contributed by atoms with Gasteiger partial charge in [0, 0.05) is 19.1 Å². The highest BCUT2D eigenvalue weighted by Gasteiger charge is 2.29. The van der Waals surface area contributed by atoms with E-state index >= 15 is 0 Å². The van der Waals surface area contributed by atoms with Gasteiger partial charge in [0.1, 0.15) is 0 Å². The Morgan fingerprint density at radius 3 is 2.67 bits per heavy atom. The van der Waals surface area contributed by atoms with E-state index in [1.165, 1.54) is 11.1 Å². The van der Waals surface area contributed by atoms with E-state index in [0.29, 0.717) is 13.0 Å². The van der Waals surface area contributed by atoms with Crippen LogP contribution in [0.15, 0.2) is 24.3 Å². The molecule has 0 aliphatic carbocycles. The Labute approximate surface area is 141 Å². The molecule has 0 radical (unpaired) electrons. The first kappa shape index (κ1) is 16.9. The van der Waals surface area contributed by atoms with Crippen LogP contribution >= 0.6 is 0 Å². The van der Waals surface area contributed by atoms with Crippen molar-refractivity contribution in [1.82, 2.24) is 15.5 Å². The van der Waals surface area contributed by atoms with Gasteiger partial charge in [-0.05, 0) is 24.0 Å². The molecule has 8 heteroatoms. The van der Waals surface area contributed by atoms with Crippen LogP contribution in [0, 0.1) is 0 Å². The van der Waals surface area contributed by atoms with Crippen molar-refractivity contribution in [3.63, 3.8) is 0 Å². The van der Waals surface area contributed by atoms with Gasteiger partial charge >= 0.3 is 6.03 Å². The fourth-order valence-electron chi connectivity index (χ4n) is 3.19. The Morgan fingerprint density at radius 1 is 1.21 bits per heavy atom. The normalized spacial score (nSPS) is 22.6. The van der Waals surface area contributed by atoms with E-state index < -0.39 is 21.9 Å². The van der Waals surface area contributed by atoms with Crippen molar-refractivity contribution in [1.29, 1.82) is 0 Å². The number of benzene rings is 1. The fraction of sp³-hybridized carbons (Fsp3) is 0.500. The quantitative estimate of drug-likeness (QED) is 0.803. The van der Waals surface area contributed by atoms with Crippen molar-refractivity contribution in [2.75, 3.05) is 24.6 Å². The van der Waals surface area contributed by atoms with Gasteiger partial charge in [-0.3, -0.25) is 15.0 Å². The number of rotatable bonds is 3. The van der Waals surface area contributed by atoms with Crippen molar-refractivity contribution < 1.29 is 18.0 Å². The Morgan fingerprint density at radius 2 is 1.96 bits per heavy atom. The lowest BCUT2D eigenvalue weighted by Crippen LogP contribution is -2.48. The number of nitrogens with one attached hydrogen (secondary N) is 2. The highest BCUT2D eigenvalue weighted by atomic mass is 32.2. The summed E-state index contributed by atoms with van der Waals surface area (Å²) in [5, 5.41) is 4.83. The average molecular weight is 351 g/mol. The SMILES string of the molecule is O=C(CN1CCc2ccccc2C1)NC(=O)N[C@H]1CCS(=O)(=O)C1. The van der Waals surface area contributed by atoms with Crippen LogP contribution in [0.4, 0.5) is 4.79 Å². The van der Waals surface area contributed by atoms with Gasteiger partial charge in [0.25, 0.3) is 0 Å². The molecule has 1 fully saturated rings. The van der Waals surface area contributed by atoms with E-state index in [-0.39, 0.29) is 24.0 Å². The highest BCUT2D eigenvalue weighted by molar-refractivity contribution is 7.91. The number of hydrogen-bond acceptors (Lipinski definition) is 5. The number of urea groups is 1. The van der Waals surface area contributed by atoms with Crippen molar-refractivity contribution >= 4 is 21.8 Å². The standard InChI is InChI=1S/C16H21N3O4S/c20-15(18-16(21)17-14-6-8-24(22,23)11-14)10-19-7-5-12-3-1-2-4-13(12)9-19/h1-4,14H,5-11H2,(H2,17,18,20,21)/t14-/m0/s1. The number of imide groups is 1. The van der Waals surface area contributed by atoms with Crippen molar-refractivity contribution in [2.24, 2.45) is 0 Å². The highest BCUT2D eigenvalue weighted by Crippen LogP contribution is 2.17. The van der Waals surface area contributed by atoms with Gasteiger partial charge in [0.15, 0.2) is 9.84 Å². The summed E-state index contributed by atoms with van der Waals surface area (Å²) >= 11 is 0. The molecule has 0 bridgehead atoms. The molecule has 1 atom stereocenters. The molecule has 130 valence electrons. The molecule has 2 N–H and O–H groups in total. The molecule has 0 unspecified atom stereocenters. The number of carbonyl (C=O) groups is 2. The van der Waals surface area contributed by atoms with E-state index in [0.717, 1.165) is 13.0 Å².